The summed E-state index contributed by atoms with van der Waals surface area (Å²) in [5.74, 6) is 0.103. The summed E-state index contributed by atoms with van der Waals surface area (Å²) in [4.78, 5) is 0.354. The zero-order valence-corrected chi connectivity index (χ0v) is 11.1. The molecule has 0 spiro atoms. The molecule has 84 valence electrons. The van der Waals surface area contributed by atoms with Crippen molar-refractivity contribution in [2.45, 2.75) is 17.9 Å². The van der Waals surface area contributed by atoms with E-state index in [1.807, 2.05) is 6.92 Å². The maximum atomic E-state index is 12.0. The predicted octanol–water partition coefficient (Wildman–Crippen LogP) is 1.83. The van der Waals surface area contributed by atoms with Crippen molar-refractivity contribution in [3.8, 4) is 0 Å². The minimum Gasteiger partial charge on any atom is -0.316 e. The molecular formula is C10H14BrNO2S. The fourth-order valence-electron chi connectivity index (χ4n) is 1.20. The van der Waals surface area contributed by atoms with E-state index in [-0.39, 0.29) is 11.8 Å². The maximum Gasteiger partial charge on any atom is 0.181 e. The van der Waals surface area contributed by atoms with Gasteiger partial charge in [0.05, 0.1) is 10.6 Å². The average molecular weight is 292 g/mol. The van der Waals surface area contributed by atoms with Gasteiger partial charge >= 0.3 is 0 Å². The first-order valence-electron chi connectivity index (χ1n) is 4.62. The van der Waals surface area contributed by atoms with Crippen LogP contribution in [0.1, 0.15) is 6.92 Å². The first-order chi connectivity index (χ1) is 6.97. The minimum absolute atomic E-state index is 0.0536. The van der Waals surface area contributed by atoms with E-state index in [1.54, 1.807) is 31.3 Å². The lowest BCUT2D eigenvalue weighted by Gasteiger charge is -2.11. The summed E-state index contributed by atoms with van der Waals surface area (Å²) in [6.07, 6.45) is 0. The van der Waals surface area contributed by atoms with Crippen LogP contribution in [0.2, 0.25) is 0 Å². The van der Waals surface area contributed by atoms with Gasteiger partial charge in [-0.15, -0.1) is 0 Å². The van der Waals surface area contributed by atoms with E-state index >= 15 is 0 Å². The average Bonchev–Trinajstić information content (AvgIpc) is 2.17. The van der Waals surface area contributed by atoms with Crippen LogP contribution in [-0.4, -0.2) is 27.3 Å². The number of hydrogen-bond donors (Lipinski definition) is 1. The molecule has 5 heteroatoms. The van der Waals surface area contributed by atoms with Crippen molar-refractivity contribution in [1.29, 1.82) is 0 Å². The van der Waals surface area contributed by atoms with Crippen LogP contribution < -0.4 is 5.32 Å². The molecule has 0 bridgehead atoms. The standard InChI is InChI=1S/C10H14BrNO2S/c1-8(12-2)7-15(13,14)10-6-4-3-5-9(10)11/h3-6,8,12H,7H2,1-2H3. The second-order valence-electron chi connectivity index (χ2n) is 3.40. The van der Waals surface area contributed by atoms with Crippen LogP contribution in [0.25, 0.3) is 0 Å². The van der Waals surface area contributed by atoms with Gasteiger partial charge in [0, 0.05) is 10.5 Å². The molecule has 0 saturated carbocycles. The number of benzene rings is 1. The Morgan fingerprint density at radius 3 is 2.53 bits per heavy atom. The zero-order chi connectivity index (χ0) is 11.5. The molecule has 1 aromatic rings. The lowest BCUT2D eigenvalue weighted by molar-refractivity contribution is 0.578. The molecule has 0 amide bonds. The monoisotopic (exact) mass is 291 g/mol. The third-order valence-electron chi connectivity index (χ3n) is 2.13. The van der Waals surface area contributed by atoms with Gasteiger partial charge in [-0.25, -0.2) is 8.42 Å². The molecule has 0 fully saturated rings. The molecule has 1 rings (SSSR count). The van der Waals surface area contributed by atoms with Gasteiger partial charge in [-0.05, 0) is 42.0 Å². The van der Waals surface area contributed by atoms with Gasteiger partial charge in [0.1, 0.15) is 0 Å². The third-order valence-corrected chi connectivity index (χ3v) is 5.05. The first-order valence-corrected chi connectivity index (χ1v) is 7.06. The van der Waals surface area contributed by atoms with Gasteiger partial charge in [-0.3, -0.25) is 0 Å². The normalized spacial score (nSPS) is 13.8. The Hall–Kier alpha value is -0.390. The number of nitrogens with one attached hydrogen (secondary N) is 1. The van der Waals surface area contributed by atoms with Crippen LogP contribution in [0.5, 0.6) is 0 Å². The van der Waals surface area contributed by atoms with Crippen LogP contribution in [0.4, 0.5) is 0 Å². The van der Waals surface area contributed by atoms with Crippen molar-refractivity contribution < 1.29 is 8.42 Å². The third kappa shape index (κ3) is 3.29. The summed E-state index contributed by atoms with van der Waals surface area (Å²) in [6, 6.07) is 6.81. The molecule has 1 aromatic carbocycles. The highest BCUT2D eigenvalue weighted by molar-refractivity contribution is 9.10. The predicted molar refractivity (Wildman–Crippen MR) is 64.7 cm³/mol. The van der Waals surface area contributed by atoms with Crippen molar-refractivity contribution in [2.75, 3.05) is 12.8 Å². The second-order valence-corrected chi connectivity index (χ2v) is 6.26. The topological polar surface area (TPSA) is 46.2 Å². The van der Waals surface area contributed by atoms with Crippen LogP contribution in [0, 0.1) is 0 Å². The van der Waals surface area contributed by atoms with Crippen LogP contribution in [-0.2, 0) is 9.84 Å². The van der Waals surface area contributed by atoms with Gasteiger partial charge in [0.15, 0.2) is 9.84 Å². The Labute approximate surface area is 98.9 Å². The van der Waals surface area contributed by atoms with Crippen molar-refractivity contribution in [1.82, 2.24) is 5.32 Å². The van der Waals surface area contributed by atoms with Crippen molar-refractivity contribution in [2.24, 2.45) is 0 Å². The van der Waals surface area contributed by atoms with Gasteiger partial charge in [0.25, 0.3) is 0 Å². The smallest absolute Gasteiger partial charge is 0.181 e. The number of hydrogen-bond acceptors (Lipinski definition) is 3. The highest BCUT2D eigenvalue weighted by atomic mass is 79.9. The van der Waals surface area contributed by atoms with E-state index in [4.69, 9.17) is 0 Å². The van der Waals surface area contributed by atoms with E-state index in [0.29, 0.717) is 9.37 Å². The van der Waals surface area contributed by atoms with Crippen LogP contribution in [0.15, 0.2) is 33.6 Å². The molecule has 15 heavy (non-hydrogen) atoms. The Balaban J connectivity index is 3.02. The number of halogens is 1. The van der Waals surface area contributed by atoms with E-state index in [0.717, 1.165) is 0 Å². The summed E-state index contributed by atoms with van der Waals surface area (Å²) in [7, 11) is -1.46. The summed E-state index contributed by atoms with van der Waals surface area (Å²) in [6.45, 7) is 1.84. The molecule has 1 unspecified atom stereocenters. The lowest BCUT2D eigenvalue weighted by Crippen LogP contribution is -2.30. The number of rotatable bonds is 4. The van der Waals surface area contributed by atoms with Gasteiger partial charge in [-0.1, -0.05) is 12.1 Å². The Bertz CT molecular complexity index is 431. The quantitative estimate of drug-likeness (QED) is 0.921. The molecule has 0 aliphatic heterocycles. The molecule has 0 aliphatic carbocycles. The fraction of sp³-hybridized carbons (Fsp3) is 0.400. The molecular weight excluding hydrogens is 278 g/mol. The highest BCUT2D eigenvalue weighted by Crippen LogP contribution is 2.22. The zero-order valence-electron chi connectivity index (χ0n) is 8.70. The molecule has 1 atom stereocenters. The molecule has 0 aromatic heterocycles. The first kappa shape index (κ1) is 12.7. The number of sulfone groups is 1. The van der Waals surface area contributed by atoms with Crippen LogP contribution >= 0.6 is 15.9 Å². The molecule has 3 nitrogen and oxygen atoms in total. The molecule has 0 heterocycles. The Kier molecular flexibility index (Phi) is 4.31. The van der Waals surface area contributed by atoms with E-state index in [1.165, 1.54) is 0 Å². The van der Waals surface area contributed by atoms with Gasteiger partial charge in [0.2, 0.25) is 0 Å². The summed E-state index contributed by atoms with van der Waals surface area (Å²) >= 11 is 3.24. The maximum absolute atomic E-state index is 12.0. The summed E-state index contributed by atoms with van der Waals surface area (Å²) in [5, 5.41) is 2.92. The SMILES string of the molecule is CNC(C)CS(=O)(=O)c1ccccc1Br. The molecule has 1 N–H and O–H groups in total. The van der Waals surface area contributed by atoms with Crippen molar-refractivity contribution in [3.63, 3.8) is 0 Å². The highest BCUT2D eigenvalue weighted by Gasteiger charge is 2.19. The Morgan fingerprint density at radius 2 is 2.00 bits per heavy atom. The molecule has 0 radical (unpaired) electrons. The van der Waals surface area contributed by atoms with Gasteiger partial charge < -0.3 is 5.32 Å². The fourth-order valence-corrected chi connectivity index (χ4v) is 3.88. The molecule has 0 saturated heterocycles. The van der Waals surface area contributed by atoms with Crippen LogP contribution in [0.3, 0.4) is 0 Å². The van der Waals surface area contributed by atoms with E-state index in [9.17, 15) is 8.42 Å². The minimum atomic E-state index is -3.21. The van der Waals surface area contributed by atoms with E-state index in [2.05, 4.69) is 21.2 Å². The summed E-state index contributed by atoms with van der Waals surface area (Å²) in [5.41, 5.74) is 0. The van der Waals surface area contributed by atoms with Crippen molar-refractivity contribution in [3.05, 3.63) is 28.7 Å². The Morgan fingerprint density at radius 1 is 1.40 bits per heavy atom. The van der Waals surface area contributed by atoms with Gasteiger partial charge in [-0.2, -0.15) is 0 Å². The van der Waals surface area contributed by atoms with E-state index < -0.39 is 9.84 Å². The van der Waals surface area contributed by atoms with Crippen molar-refractivity contribution >= 4 is 25.8 Å². The lowest BCUT2D eigenvalue weighted by atomic mass is 10.4. The largest absolute Gasteiger partial charge is 0.316 e. The molecule has 0 aliphatic rings. The second kappa shape index (κ2) is 5.09. The summed E-state index contributed by atoms with van der Waals surface area (Å²) < 4.78 is 24.5.